The van der Waals surface area contributed by atoms with E-state index in [0.717, 1.165) is 31.6 Å². The van der Waals surface area contributed by atoms with E-state index < -0.39 is 0 Å². The van der Waals surface area contributed by atoms with Crippen LogP contribution in [0.2, 0.25) is 0 Å². The lowest BCUT2D eigenvalue weighted by atomic mass is 10.3. The summed E-state index contributed by atoms with van der Waals surface area (Å²) in [5.74, 6) is 0.801. The Morgan fingerprint density at radius 1 is 1.53 bits per heavy atom. The topological polar surface area (TPSA) is 45.2 Å². The first-order chi connectivity index (χ1) is 8.26. The predicted octanol–water partition coefficient (Wildman–Crippen LogP) is 2.14. The number of hydrogen-bond acceptors (Lipinski definition) is 3. The van der Waals surface area contributed by atoms with Gasteiger partial charge in [-0.05, 0) is 31.4 Å². The van der Waals surface area contributed by atoms with Gasteiger partial charge in [0.05, 0.1) is 0 Å². The quantitative estimate of drug-likeness (QED) is 0.847. The number of carbonyl (C=O) groups excluding carboxylic acids is 1. The highest BCUT2D eigenvalue weighted by Gasteiger charge is 2.32. The summed E-state index contributed by atoms with van der Waals surface area (Å²) in [5.41, 5.74) is 0.539. The third kappa shape index (κ3) is 2.75. The smallest absolute Gasteiger partial charge is 0.272 e. The molecule has 1 fully saturated rings. The maximum atomic E-state index is 12.3. The fourth-order valence-corrected chi connectivity index (χ4v) is 1.92. The molecule has 1 saturated carbocycles. The summed E-state index contributed by atoms with van der Waals surface area (Å²) >= 11 is 0. The molecule has 1 amide bonds. The van der Waals surface area contributed by atoms with Gasteiger partial charge in [-0.1, -0.05) is 13.0 Å². The van der Waals surface area contributed by atoms with Crippen LogP contribution in [0.4, 0.5) is 5.82 Å². The Balaban J connectivity index is 2.15. The van der Waals surface area contributed by atoms with E-state index in [1.807, 2.05) is 17.0 Å². The Bertz CT molecular complexity index is 401. The molecular formula is C13H19N3O. The minimum absolute atomic E-state index is 0.0615. The van der Waals surface area contributed by atoms with E-state index in [9.17, 15) is 4.79 Å². The van der Waals surface area contributed by atoms with Gasteiger partial charge >= 0.3 is 0 Å². The molecule has 1 heterocycles. The molecule has 1 aromatic rings. The van der Waals surface area contributed by atoms with Crippen LogP contribution < -0.4 is 5.32 Å². The molecule has 4 heteroatoms. The molecule has 0 saturated heterocycles. The van der Waals surface area contributed by atoms with Gasteiger partial charge in [-0.3, -0.25) is 4.79 Å². The van der Waals surface area contributed by atoms with Crippen molar-refractivity contribution in [1.82, 2.24) is 9.88 Å². The summed E-state index contributed by atoms with van der Waals surface area (Å²) in [5, 5.41) is 2.96. The predicted molar refractivity (Wildman–Crippen MR) is 68.1 cm³/mol. The largest absolute Gasteiger partial charge is 0.373 e. The zero-order valence-electron chi connectivity index (χ0n) is 10.4. The van der Waals surface area contributed by atoms with Crippen molar-refractivity contribution in [1.29, 1.82) is 0 Å². The summed E-state index contributed by atoms with van der Waals surface area (Å²) in [6.45, 7) is 2.93. The normalized spacial score (nSPS) is 14.5. The van der Waals surface area contributed by atoms with Crippen molar-refractivity contribution in [3.63, 3.8) is 0 Å². The molecule has 0 aromatic carbocycles. The zero-order valence-corrected chi connectivity index (χ0v) is 10.4. The minimum atomic E-state index is 0.0615. The standard InChI is InChI=1S/C13H19N3O/c1-3-9-16(10-7-8-10)13(17)11-5-4-6-12(14-2)15-11/h4-6,10H,3,7-9H2,1-2H3,(H,14,15). The number of nitrogens with zero attached hydrogens (tertiary/aromatic N) is 2. The fourth-order valence-electron chi connectivity index (χ4n) is 1.92. The second-order valence-corrected chi connectivity index (χ2v) is 4.39. The van der Waals surface area contributed by atoms with E-state index >= 15 is 0 Å². The van der Waals surface area contributed by atoms with Crippen molar-refractivity contribution in [3.8, 4) is 0 Å². The minimum Gasteiger partial charge on any atom is -0.373 e. The third-order valence-electron chi connectivity index (χ3n) is 2.94. The molecule has 0 spiro atoms. The summed E-state index contributed by atoms with van der Waals surface area (Å²) in [6, 6.07) is 5.96. The van der Waals surface area contributed by atoms with Gasteiger partial charge in [-0.15, -0.1) is 0 Å². The number of hydrogen-bond donors (Lipinski definition) is 1. The van der Waals surface area contributed by atoms with E-state index in [0.29, 0.717) is 11.7 Å². The second kappa shape index (κ2) is 5.17. The van der Waals surface area contributed by atoms with Crippen molar-refractivity contribution >= 4 is 11.7 Å². The molecule has 1 aliphatic rings. The van der Waals surface area contributed by atoms with Crippen molar-refractivity contribution in [2.75, 3.05) is 18.9 Å². The summed E-state index contributed by atoms with van der Waals surface area (Å²) in [4.78, 5) is 18.6. The average molecular weight is 233 g/mol. The first kappa shape index (κ1) is 11.9. The van der Waals surface area contributed by atoms with Gasteiger partial charge in [0.15, 0.2) is 0 Å². The maximum Gasteiger partial charge on any atom is 0.272 e. The van der Waals surface area contributed by atoms with Crippen LogP contribution in [0.1, 0.15) is 36.7 Å². The first-order valence-corrected chi connectivity index (χ1v) is 6.22. The molecule has 0 radical (unpaired) electrons. The molecule has 1 aromatic heterocycles. The molecule has 4 nitrogen and oxygen atoms in total. The lowest BCUT2D eigenvalue weighted by molar-refractivity contribution is 0.0737. The number of anilines is 1. The first-order valence-electron chi connectivity index (χ1n) is 6.22. The van der Waals surface area contributed by atoms with Crippen LogP contribution in [0, 0.1) is 0 Å². The van der Waals surface area contributed by atoms with Crippen LogP contribution >= 0.6 is 0 Å². The second-order valence-electron chi connectivity index (χ2n) is 4.39. The average Bonchev–Trinajstić information content (AvgIpc) is 3.19. The summed E-state index contributed by atoms with van der Waals surface area (Å²) in [6.07, 6.45) is 3.27. The number of carbonyl (C=O) groups is 1. The molecule has 17 heavy (non-hydrogen) atoms. The van der Waals surface area contributed by atoms with Gasteiger partial charge in [0.25, 0.3) is 5.91 Å². The van der Waals surface area contributed by atoms with Crippen LogP contribution in [0.25, 0.3) is 0 Å². The highest BCUT2D eigenvalue weighted by Crippen LogP contribution is 2.28. The number of nitrogens with one attached hydrogen (secondary N) is 1. The van der Waals surface area contributed by atoms with Crippen LogP contribution in [-0.2, 0) is 0 Å². The van der Waals surface area contributed by atoms with Crippen molar-refractivity contribution in [2.45, 2.75) is 32.2 Å². The molecule has 0 unspecified atom stereocenters. The molecule has 2 rings (SSSR count). The molecule has 0 aliphatic heterocycles. The Kier molecular flexibility index (Phi) is 3.61. The molecule has 0 bridgehead atoms. The van der Waals surface area contributed by atoms with Crippen LogP contribution in [0.3, 0.4) is 0 Å². The van der Waals surface area contributed by atoms with Crippen LogP contribution in [0.15, 0.2) is 18.2 Å². The van der Waals surface area contributed by atoms with Gasteiger partial charge in [0, 0.05) is 19.6 Å². The fraction of sp³-hybridized carbons (Fsp3) is 0.538. The van der Waals surface area contributed by atoms with Crippen LogP contribution in [-0.4, -0.2) is 35.4 Å². The van der Waals surface area contributed by atoms with Gasteiger partial charge in [-0.2, -0.15) is 0 Å². The summed E-state index contributed by atoms with van der Waals surface area (Å²) < 4.78 is 0. The molecule has 0 atom stereocenters. The molecule has 1 aliphatic carbocycles. The zero-order chi connectivity index (χ0) is 12.3. The maximum absolute atomic E-state index is 12.3. The SMILES string of the molecule is CCCN(C(=O)c1cccc(NC)n1)C1CC1. The van der Waals surface area contributed by atoms with E-state index in [4.69, 9.17) is 0 Å². The van der Waals surface area contributed by atoms with Gasteiger partial charge in [0.2, 0.25) is 0 Å². The van der Waals surface area contributed by atoms with Gasteiger partial charge < -0.3 is 10.2 Å². The monoisotopic (exact) mass is 233 g/mol. The Labute approximate surface area is 102 Å². The van der Waals surface area contributed by atoms with Gasteiger partial charge in [-0.25, -0.2) is 4.98 Å². The van der Waals surface area contributed by atoms with Gasteiger partial charge in [0.1, 0.15) is 11.5 Å². The van der Waals surface area contributed by atoms with E-state index in [2.05, 4.69) is 17.2 Å². The van der Waals surface area contributed by atoms with E-state index in [1.165, 1.54) is 0 Å². The van der Waals surface area contributed by atoms with Crippen molar-refractivity contribution in [3.05, 3.63) is 23.9 Å². The highest BCUT2D eigenvalue weighted by molar-refractivity contribution is 5.93. The lowest BCUT2D eigenvalue weighted by Crippen LogP contribution is -2.34. The third-order valence-corrected chi connectivity index (χ3v) is 2.94. The Morgan fingerprint density at radius 3 is 2.88 bits per heavy atom. The Morgan fingerprint density at radius 2 is 2.29 bits per heavy atom. The number of rotatable bonds is 5. The van der Waals surface area contributed by atoms with E-state index in [1.54, 1.807) is 13.1 Å². The van der Waals surface area contributed by atoms with Crippen molar-refractivity contribution in [2.24, 2.45) is 0 Å². The summed E-state index contributed by atoms with van der Waals surface area (Å²) in [7, 11) is 1.81. The molecular weight excluding hydrogens is 214 g/mol. The number of aromatic nitrogens is 1. The number of pyridine rings is 1. The van der Waals surface area contributed by atoms with E-state index in [-0.39, 0.29) is 5.91 Å². The number of amides is 1. The highest BCUT2D eigenvalue weighted by atomic mass is 16.2. The molecule has 92 valence electrons. The lowest BCUT2D eigenvalue weighted by Gasteiger charge is -2.21. The molecule has 1 N–H and O–H groups in total. The van der Waals surface area contributed by atoms with Crippen LogP contribution in [0.5, 0.6) is 0 Å². The Hall–Kier alpha value is -1.58. The van der Waals surface area contributed by atoms with Crippen molar-refractivity contribution < 1.29 is 4.79 Å².